The monoisotopic (exact) mass is 211 g/mol. The summed E-state index contributed by atoms with van der Waals surface area (Å²) in [7, 11) is 0. The number of hydrogen-bond acceptors (Lipinski definition) is 2. The fourth-order valence-corrected chi connectivity index (χ4v) is 1.27. The minimum absolute atomic E-state index is 0.102. The first-order valence-corrected chi connectivity index (χ1v) is 5.26. The van der Waals surface area contributed by atoms with Gasteiger partial charge in [0.2, 0.25) is 0 Å². The van der Waals surface area contributed by atoms with Crippen molar-refractivity contribution in [2.24, 2.45) is 5.73 Å². The molecule has 0 heterocycles. The molecule has 0 amide bonds. The average Bonchev–Trinajstić information content (AvgIpc) is 2.17. The first-order valence-electron chi connectivity index (χ1n) is 5.26. The first-order chi connectivity index (χ1) is 7.04. The van der Waals surface area contributed by atoms with E-state index < -0.39 is 0 Å². The van der Waals surface area contributed by atoms with Crippen LogP contribution in [0.25, 0.3) is 0 Å². The van der Waals surface area contributed by atoms with Gasteiger partial charge in [-0.3, -0.25) is 0 Å². The molecule has 3 heteroatoms. The van der Waals surface area contributed by atoms with Crippen molar-refractivity contribution >= 4 is 0 Å². The second-order valence-electron chi connectivity index (χ2n) is 3.81. The summed E-state index contributed by atoms with van der Waals surface area (Å²) < 4.78 is 19.0. The van der Waals surface area contributed by atoms with Crippen LogP contribution < -0.4 is 10.5 Å². The van der Waals surface area contributed by atoms with Crippen molar-refractivity contribution in [3.63, 3.8) is 0 Å². The Labute approximate surface area is 90.2 Å². The van der Waals surface area contributed by atoms with Crippen LogP contribution in [-0.4, -0.2) is 6.10 Å². The molecule has 0 saturated carbocycles. The smallest absolute Gasteiger partial charge is 0.131 e. The van der Waals surface area contributed by atoms with Crippen LogP contribution in [0.1, 0.15) is 38.8 Å². The molecule has 84 valence electrons. The largest absolute Gasteiger partial charge is 0.491 e. The van der Waals surface area contributed by atoms with Gasteiger partial charge in [-0.05, 0) is 26.3 Å². The van der Waals surface area contributed by atoms with Crippen LogP contribution in [0.2, 0.25) is 0 Å². The molecule has 0 aromatic heterocycles. The molecule has 0 aliphatic heterocycles. The molecule has 15 heavy (non-hydrogen) atoms. The van der Waals surface area contributed by atoms with E-state index in [2.05, 4.69) is 0 Å². The number of halogens is 1. The van der Waals surface area contributed by atoms with Gasteiger partial charge < -0.3 is 10.5 Å². The molecule has 0 aliphatic rings. The molecule has 2 nitrogen and oxygen atoms in total. The van der Waals surface area contributed by atoms with Crippen LogP contribution in [0.15, 0.2) is 18.2 Å². The van der Waals surface area contributed by atoms with Gasteiger partial charge in [0.25, 0.3) is 0 Å². The summed E-state index contributed by atoms with van der Waals surface area (Å²) in [6.45, 7) is 5.74. The Hall–Kier alpha value is -1.09. The van der Waals surface area contributed by atoms with Crippen molar-refractivity contribution in [2.45, 2.75) is 39.3 Å². The normalized spacial score (nSPS) is 14.7. The van der Waals surface area contributed by atoms with Crippen LogP contribution in [0, 0.1) is 5.82 Å². The van der Waals surface area contributed by atoms with E-state index in [9.17, 15) is 4.39 Å². The zero-order valence-corrected chi connectivity index (χ0v) is 9.46. The Bertz CT molecular complexity index is 325. The molecular weight excluding hydrogens is 193 g/mol. The van der Waals surface area contributed by atoms with E-state index in [1.165, 1.54) is 6.07 Å². The lowest BCUT2D eigenvalue weighted by Gasteiger charge is -2.14. The molecule has 0 radical (unpaired) electrons. The second-order valence-corrected chi connectivity index (χ2v) is 3.81. The number of benzene rings is 1. The van der Waals surface area contributed by atoms with Gasteiger partial charge in [-0.1, -0.05) is 13.0 Å². The van der Waals surface area contributed by atoms with Crippen molar-refractivity contribution in [3.8, 4) is 5.75 Å². The second kappa shape index (κ2) is 5.12. The molecule has 0 aliphatic carbocycles. The third-order valence-electron chi connectivity index (χ3n) is 2.37. The van der Waals surface area contributed by atoms with E-state index >= 15 is 0 Å². The van der Waals surface area contributed by atoms with E-state index in [1.54, 1.807) is 19.1 Å². The van der Waals surface area contributed by atoms with Crippen LogP contribution in [0.4, 0.5) is 4.39 Å². The number of hydrogen-bond donors (Lipinski definition) is 1. The molecule has 0 spiro atoms. The van der Waals surface area contributed by atoms with Gasteiger partial charge in [-0.15, -0.1) is 0 Å². The summed E-state index contributed by atoms with van der Waals surface area (Å²) >= 11 is 0. The van der Waals surface area contributed by atoms with Crippen LogP contribution >= 0.6 is 0 Å². The molecule has 1 aromatic rings. The molecule has 1 unspecified atom stereocenters. The fraction of sp³-hybridized carbons (Fsp3) is 0.500. The zero-order valence-electron chi connectivity index (χ0n) is 9.46. The third kappa shape index (κ3) is 3.20. The Morgan fingerprint density at radius 3 is 2.53 bits per heavy atom. The van der Waals surface area contributed by atoms with Crippen molar-refractivity contribution in [3.05, 3.63) is 29.6 Å². The number of nitrogens with two attached hydrogens (primary N) is 1. The molecule has 2 atom stereocenters. The lowest BCUT2D eigenvalue weighted by atomic mass is 10.1. The van der Waals surface area contributed by atoms with Crippen LogP contribution in [0.3, 0.4) is 0 Å². The maximum Gasteiger partial charge on any atom is 0.131 e. The van der Waals surface area contributed by atoms with Crippen molar-refractivity contribution in [2.75, 3.05) is 0 Å². The number of ether oxygens (including phenoxy) is 1. The van der Waals surface area contributed by atoms with E-state index in [-0.39, 0.29) is 18.0 Å². The summed E-state index contributed by atoms with van der Waals surface area (Å²) in [6.07, 6.45) is 1.00. The Morgan fingerprint density at radius 1 is 1.40 bits per heavy atom. The maximum atomic E-state index is 13.5. The first kappa shape index (κ1) is 12.0. The van der Waals surface area contributed by atoms with E-state index in [1.807, 2.05) is 13.8 Å². The molecule has 1 rings (SSSR count). The van der Waals surface area contributed by atoms with Crippen molar-refractivity contribution in [1.82, 2.24) is 0 Å². The summed E-state index contributed by atoms with van der Waals surface area (Å²) in [6, 6.07) is 4.54. The average molecular weight is 211 g/mol. The minimum Gasteiger partial charge on any atom is -0.491 e. The van der Waals surface area contributed by atoms with Crippen molar-refractivity contribution in [1.29, 1.82) is 0 Å². The van der Waals surface area contributed by atoms with E-state index in [4.69, 9.17) is 10.5 Å². The van der Waals surface area contributed by atoms with E-state index in [0.29, 0.717) is 11.3 Å². The van der Waals surface area contributed by atoms with Crippen molar-refractivity contribution < 1.29 is 9.13 Å². The standard InChI is InChI=1S/C12H18FNO/c1-4-8(2)15-10-5-6-11(9(3)14)12(13)7-10/h5-9H,4,14H2,1-3H3/t8?,9-/m0/s1. The fourth-order valence-electron chi connectivity index (χ4n) is 1.27. The number of rotatable bonds is 4. The predicted molar refractivity (Wildman–Crippen MR) is 59.4 cm³/mol. The quantitative estimate of drug-likeness (QED) is 0.830. The SMILES string of the molecule is CCC(C)Oc1ccc([C@H](C)N)c(F)c1. The van der Waals surface area contributed by atoms with Gasteiger partial charge in [0.1, 0.15) is 11.6 Å². The molecule has 1 aromatic carbocycles. The topological polar surface area (TPSA) is 35.2 Å². The molecule has 0 fully saturated rings. The van der Waals surface area contributed by atoms with Crippen LogP contribution in [0.5, 0.6) is 5.75 Å². The summed E-state index contributed by atoms with van der Waals surface area (Å²) in [4.78, 5) is 0. The Balaban J connectivity index is 2.82. The van der Waals surface area contributed by atoms with Gasteiger partial charge in [0, 0.05) is 17.7 Å². The van der Waals surface area contributed by atoms with Gasteiger partial charge in [0.15, 0.2) is 0 Å². The minimum atomic E-state index is -0.300. The summed E-state index contributed by atoms with van der Waals surface area (Å²) in [5, 5.41) is 0. The predicted octanol–water partition coefficient (Wildman–Crippen LogP) is 3.02. The van der Waals surface area contributed by atoms with E-state index in [0.717, 1.165) is 6.42 Å². The molecule has 0 bridgehead atoms. The highest BCUT2D eigenvalue weighted by Crippen LogP contribution is 2.21. The third-order valence-corrected chi connectivity index (χ3v) is 2.37. The Kier molecular flexibility index (Phi) is 4.09. The maximum absolute atomic E-state index is 13.5. The van der Waals surface area contributed by atoms with Gasteiger partial charge in [-0.25, -0.2) is 4.39 Å². The molecular formula is C12H18FNO. The highest BCUT2D eigenvalue weighted by molar-refractivity contribution is 5.30. The van der Waals surface area contributed by atoms with Gasteiger partial charge in [0.05, 0.1) is 6.10 Å². The van der Waals surface area contributed by atoms with Gasteiger partial charge >= 0.3 is 0 Å². The highest BCUT2D eigenvalue weighted by atomic mass is 19.1. The lowest BCUT2D eigenvalue weighted by Crippen LogP contribution is -2.11. The van der Waals surface area contributed by atoms with Gasteiger partial charge in [-0.2, -0.15) is 0 Å². The van der Waals surface area contributed by atoms with Crippen LogP contribution in [-0.2, 0) is 0 Å². The summed E-state index contributed by atoms with van der Waals surface area (Å²) in [5.41, 5.74) is 6.13. The molecule has 0 saturated heterocycles. The summed E-state index contributed by atoms with van der Waals surface area (Å²) in [5.74, 6) is 0.261. The highest BCUT2D eigenvalue weighted by Gasteiger charge is 2.09. The lowest BCUT2D eigenvalue weighted by molar-refractivity contribution is 0.216. The molecule has 2 N–H and O–H groups in total. The Morgan fingerprint density at radius 2 is 2.07 bits per heavy atom. The zero-order chi connectivity index (χ0) is 11.4.